The van der Waals surface area contributed by atoms with Crippen LogP contribution < -0.4 is 5.32 Å². The Morgan fingerprint density at radius 2 is 1.91 bits per heavy atom. The highest BCUT2D eigenvalue weighted by molar-refractivity contribution is 8.01. The molecule has 1 aromatic carbocycles. The summed E-state index contributed by atoms with van der Waals surface area (Å²) in [5.74, 6) is 0.600. The van der Waals surface area contributed by atoms with Crippen LogP contribution in [0.3, 0.4) is 0 Å². The lowest BCUT2D eigenvalue weighted by atomic mass is 10.1. The fraction of sp³-hybridized carbons (Fsp3) is 0.611. The molecule has 1 amide bonds. The summed E-state index contributed by atoms with van der Waals surface area (Å²) in [5.41, 5.74) is 1.16. The number of carbonyl (C=O) groups is 1. The van der Waals surface area contributed by atoms with Gasteiger partial charge in [-0.05, 0) is 5.56 Å². The van der Waals surface area contributed by atoms with E-state index in [1.807, 2.05) is 18.2 Å². The number of benzene rings is 1. The summed E-state index contributed by atoms with van der Waals surface area (Å²) < 4.78 is 5.51. The third kappa shape index (κ3) is 6.94. The highest BCUT2D eigenvalue weighted by Gasteiger charge is 2.21. The fourth-order valence-corrected chi connectivity index (χ4v) is 3.13. The molecular weight excluding hydrogens is 308 g/mol. The molecule has 1 unspecified atom stereocenters. The molecule has 128 valence electrons. The van der Waals surface area contributed by atoms with E-state index in [1.165, 1.54) is 0 Å². The van der Waals surface area contributed by atoms with Crippen LogP contribution >= 0.6 is 11.8 Å². The molecule has 0 aromatic heterocycles. The van der Waals surface area contributed by atoms with Gasteiger partial charge in [0.2, 0.25) is 5.91 Å². The molecule has 1 atom stereocenters. The van der Waals surface area contributed by atoms with Crippen LogP contribution in [0.1, 0.15) is 32.4 Å². The maximum Gasteiger partial charge on any atom is 0.230 e. The van der Waals surface area contributed by atoms with Gasteiger partial charge in [-0.2, -0.15) is 0 Å². The van der Waals surface area contributed by atoms with Crippen molar-refractivity contribution in [2.45, 2.75) is 31.6 Å². The van der Waals surface area contributed by atoms with Gasteiger partial charge in [-0.3, -0.25) is 9.69 Å². The SMILES string of the molecule is CC(C)(C)SCC(=O)NC(CN1CCOCC1)c1ccccc1. The summed E-state index contributed by atoms with van der Waals surface area (Å²) in [7, 11) is 0. The molecule has 0 aliphatic carbocycles. The number of morpholine rings is 1. The summed E-state index contributed by atoms with van der Waals surface area (Å²) in [6, 6.07) is 10.3. The summed E-state index contributed by atoms with van der Waals surface area (Å²) in [4.78, 5) is 14.7. The third-order valence-corrected chi connectivity index (χ3v) is 4.99. The van der Waals surface area contributed by atoms with E-state index in [1.54, 1.807) is 11.8 Å². The number of ether oxygens (including phenoxy) is 1. The average molecular weight is 337 g/mol. The summed E-state index contributed by atoms with van der Waals surface area (Å²) in [5, 5.41) is 3.21. The molecule has 1 fully saturated rings. The van der Waals surface area contributed by atoms with Crippen molar-refractivity contribution in [1.82, 2.24) is 10.2 Å². The minimum Gasteiger partial charge on any atom is -0.379 e. The smallest absolute Gasteiger partial charge is 0.230 e. The Kier molecular flexibility index (Phi) is 6.93. The minimum atomic E-state index is 0.0300. The van der Waals surface area contributed by atoms with E-state index in [0.29, 0.717) is 5.75 Å². The van der Waals surface area contributed by atoms with Crippen molar-refractivity contribution >= 4 is 17.7 Å². The van der Waals surface area contributed by atoms with Gasteiger partial charge in [-0.15, -0.1) is 11.8 Å². The van der Waals surface area contributed by atoms with Gasteiger partial charge in [-0.1, -0.05) is 51.1 Å². The molecule has 1 aromatic rings. The van der Waals surface area contributed by atoms with Crippen molar-refractivity contribution in [3.05, 3.63) is 35.9 Å². The summed E-state index contributed by atoms with van der Waals surface area (Å²) >= 11 is 1.68. The van der Waals surface area contributed by atoms with Gasteiger partial charge in [0.25, 0.3) is 0 Å². The number of nitrogens with zero attached hydrogens (tertiary/aromatic N) is 1. The predicted octanol–water partition coefficient (Wildman–Crippen LogP) is 2.71. The molecule has 1 saturated heterocycles. The highest BCUT2D eigenvalue weighted by Crippen LogP contribution is 2.23. The van der Waals surface area contributed by atoms with Crippen molar-refractivity contribution < 1.29 is 9.53 Å². The van der Waals surface area contributed by atoms with Crippen LogP contribution in [0.4, 0.5) is 0 Å². The molecule has 2 rings (SSSR count). The zero-order chi connectivity index (χ0) is 16.7. The minimum absolute atomic E-state index is 0.0300. The summed E-state index contributed by atoms with van der Waals surface area (Å²) in [6.07, 6.45) is 0. The Morgan fingerprint density at radius 1 is 1.26 bits per heavy atom. The molecule has 0 radical (unpaired) electrons. The van der Waals surface area contributed by atoms with Crippen LogP contribution in [0.25, 0.3) is 0 Å². The topological polar surface area (TPSA) is 41.6 Å². The zero-order valence-corrected chi connectivity index (χ0v) is 15.2. The van der Waals surface area contributed by atoms with Gasteiger partial charge in [0.1, 0.15) is 0 Å². The molecule has 1 aliphatic heterocycles. The number of carbonyl (C=O) groups excluding carboxylic acids is 1. The van der Waals surface area contributed by atoms with Crippen molar-refractivity contribution in [1.29, 1.82) is 0 Å². The van der Waals surface area contributed by atoms with Crippen LogP contribution in [0.5, 0.6) is 0 Å². The number of hydrogen-bond acceptors (Lipinski definition) is 4. The third-order valence-electron chi connectivity index (χ3n) is 3.72. The quantitative estimate of drug-likeness (QED) is 0.867. The normalized spacial score (nSPS) is 17.7. The first-order valence-corrected chi connectivity index (χ1v) is 9.21. The Morgan fingerprint density at radius 3 is 2.52 bits per heavy atom. The molecule has 23 heavy (non-hydrogen) atoms. The van der Waals surface area contributed by atoms with Crippen LogP contribution in [0.2, 0.25) is 0 Å². The van der Waals surface area contributed by atoms with Gasteiger partial charge < -0.3 is 10.1 Å². The number of thioether (sulfide) groups is 1. The molecule has 0 bridgehead atoms. The maximum absolute atomic E-state index is 12.3. The molecule has 1 N–H and O–H groups in total. The van der Waals surface area contributed by atoms with E-state index in [-0.39, 0.29) is 16.7 Å². The first kappa shape index (κ1) is 18.3. The van der Waals surface area contributed by atoms with E-state index in [2.05, 4.69) is 43.1 Å². The standard InChI is InChI=1S/C18H28N2O2S/c1-18(2,3)23-14-17(21)19-16(15-7-5-4-6-8-15)13-20-9-11-22-12-10-20/h4-8,16H,9-14H2,1-3H3,(H,19,21). The van der Waals surface area contributed by atoms with Gasteiger partial charge in [-0.25, -0.2) is 0 Å². The first-order chi connectivity index (χ1) is 10.9. The number of nitrogens with one attached hydrogen (secondary N) is 1. The second kappa shape index (κ2) is 8.71. The van der Waals surface area contributed by atoms with Gasteiger partial charge in [0.05, 0.1) is 25.0 Å². The van der Waals surface area contributed by atoms with Crippen LogP contribution in [-0.2, 0) is 9.53 Å². The van der Waals surface area contributed by atoms with Crippen molar-refractivity contribution in [3.8, 4) is 0 Å². The van der Waals surface area contributed by atoms with Crippen molar-refractivity contribution in [3.63, 3.8) is 0 Å². The molecule has 1 aliphatic rings. The molecule has 5 heteroatoms. The van der Waals surface area contributed by atoms with E-state index >= 15 is 0 Å². The highest BCUT2D eigenvalue weighted by atomic mass is 32.2. The first-order valence-electron chi connectivity index (χ1n) is 8.22. The second-order valence-electron chi connectivity index (χ2n) is 6.84. The maximum atomic E-state index is 12.3. The molecular formula is C18H28N2O2S. The van der Waals surface area contributed by atoms with Crippen LogP contribution in [0, 0.1) is 0 Å². The molecule has 0 saturated carbocycles. The number of amides is 1. The molecule has 1 heterocycles. The monoisotopic (exact) mass is 336 g/mol. The lowest BCUT2D eigenvalue weighted by molar-refractivity contribution is -0.119. The fourth-order valence-electron chi connectivity index (χ4n) is 2.48. The van der Waals surface area contributed by atoms with Gasteiger partial charge in [0, 0.05) is 24.4 Å². The lowest BCUT2D eigenvalue weighted by Gasteiger charge is -2.31. The zero-order valence-electron chi connectivity index (χ0n) is 14.4. The molecule has 4 nitrogen and oxygen atoms in total. The van der Waals surface area contributed by atoms with E-state index in [9.17, 15) is 4.79 Å². The Hall–Kier alpha value is -1.04. The molecule has 0 spiro atoms. The van der Waals surface area contributed by atoms with Gasteiger partial charge in [0.15, 0.2) is 0 Å². The number of hydrogen-bond donors (Lipinski definition) is 1. The lowest BCUT2D eigenvalue weighted by Crippen LogP contribution is -2.43. The Balaban J connectivity index is 1.97. The van der Waals surface area contributed by atoms with E-state index in [4.69, 9.17) is 4.74 Å². The summed E-state index contributed by atoms with van der Waals surface area (Å²) in [6.45, 7) is 10.6. The van der Waals surface area contributed by atoms with Crippen molar-refractivity contribution in [2.24, 2.45) is 0 Å². The van der Waals surface area contributed by atoms with E-state index < -0.39 is 0 Å². The second-order valence-corrected chi connectivity index (χ2v) is 8.65. The van der Waals surface area contributed by atoms with Crippen molar-refractivity contribution in [2.75, 3.05) is 38.6 Å². The number of rotatable bonds is 6. The predicted molar refractivity (Wildman–Crippen MR) is 96.8 cm³/mol. The Labute approximate surface area is 144 Å². The van der Waals surface area contributed by atoms with Gasteiger partial charge >= 0.3 is 0 Å². The Bertz CT molecular complexity index is 482. The van der Waals surface area contributed by atoms with Crippen LogP contribution in [0.15, 0.2) is 30.3 Å². The van der Waals surface area contributed by atoms with Crippen LogP contribution in [-0.4, -0.2) is 54.2 Å². The average Bonchev–Trinajstić information content (AvgIpc) is 2.53. The van der Waals surface area contributed by atoms with E-state index in [0.717, 1.165) is 38.4 Å². The largest absolute Gasteiger partial charge is 0.379 e.